The van der Waals surface area contributed by atoms with E-state index < -0.39 is 10.0 Å². The van der Waals surface area contributed by atoms with Gasteiger partial charge in [-0.15, -0.1) is 11.3 Å². The van der Waals surface area contributed by atoms with Gasteiger partial charge in [0.25, 0.3) is 5.91 Å². The Morgan fingerprint density at radius 1 is 1.07 bits per heavy atom. The number of piperidine rings is 1. The number of thiophene rings is 1. The van der Waals surface area contributed by atoms with Crippen LogP contribution in [-0.4, -0.2) is 48.3 Å². The summed E-state index contributed by atoms with van der Waals surface area (Å²) >= 11 is 1.19. The number of hydrogen-bond acceptors (Lipinski definition) is 7. The lowest BCUT2D eigenvalue weighted by Gasteiger charge is -2.32. The summed E-state index contributed by atoms with van der Waals surface area (Å²) in [7, 11) is -3.50. The van der Waals surface area contributed by atoms with Crippen molar-refractivity contribution < 1.29 is 13.2 Å². The fourth-order valence-electron chi connectivity index (χ4n) is 3.30. The molecule has 4 rings (SSSR count). The topological polar surface area (TPSA) is 104 Å². The highest BCUT2D eigenvalue weighted by atomic mass is 32.2. The van der Waals surface area contributed by atoms with E-state index in [0.29, 0.717) is 41.7 Å². The van der Waals surface area contributed by atoms with Crippen molar-refractivity contribution in [3.05, 3.63) is 65.8 Å². The third kappa shape index (κ3) is 4.84. The van der Waals surface area contributed by atoms with Crippen molar-refractivity contribution in [2.75, 3.05) is 18.4 Å². The molecule has 1 aliphatic heterocycles. The Hall–Kier alpha value is -2.82. The zero-order valence-corrected chi connectivity index (χ0v) is 17.7. The highest BCUT2D eigenvalue weighted by molar-refractivity contribution is 7.91. The molecule has 8 nitrogen and oxygen atoms in total. The van der Waals surface area contributed by atoms with Gasteiger partial charge in [0.15, 0.2) is 0 Å². The number of likely N-dealkylation sites (tertiary alicyclic amines) is 1. The van der Waals surface area contributed by atoms with Crippen molar-refractivity contribution in [1.29, 1.82) is 0 Å². The first-order valence-electron chi connectivity index (χ1n) is 9.50. The van der Waals surface area contributed by atoms with Crippen molar-refractivity contribution in [3.8, 4) is 0 Å². The zero-order valence-electron chi connectivity index (χ0n) is 16.1. The van der Waals surface area contributed by atoms with Crippen LogP contribution in [0.1, 0.15) is 23.2 Å². The highest BCUT2D eigenvalue weighted by Crippen LogP contribution is 2.21. The van der Waals surface area contributed by atoms with Gasteiger partial charge in [0, 0.05) is 42.8 Å². The molecule has 156 valence electrons. The molecule has 0 spiro atoms. The minimum atomic E-state index is -3.50. The molecular weight excluding hydrogens is 422 g/mol. The van der Waals surface area contributed by atoms with Crippen molar-refractivity contribution in [3.63, 3.8) is 0 Å². The second-order valence-corrected chi connectivity index (χ2v) is 9.79. The van der Waals surface area contributed by atoms with Crippen LogP contribution in [0.15, 0.2) is 64.4 Å². The van der Waals surface area contributed by atoms with Crippen LogP contribution in [0.25, 0.3) is 0 Å². The van der Waals surface area contributed by atoms with E-state index in [1.807, 2.05) is 6.07 Å². The Kier molecular flexibility index (Phi) is 6.07. The standard InChI is InChI=1S/C20H21N5O3S2/c26-19(15-4-1-5-17(14-15)23-20-21-9-3-10-22-20)25-11-7-16(8-12-25)24-30(27,28)18-6-2-13-29-18/h1-6,9-10,13-14,16,24H,7-8,11-12H2,(H,21,22,23). The lowest BCUT2D eigenvalue weighted by Crippen LogP contribution is -2.46. The largest absolute Gasteiger partial charge is 0.339 e. The maximum atomic E-state index is 12.9. The average Bonchev–Trinajstić information content (AvgIpc) is 3.31. The summed E-state index contributed by atoms with van der Waals surface area (Å²) in [4.78, 5) is 22.9. The average molecular weight is 444 g/mol. The molecule has 0 saturated carbocycles. The molecule has 30 heavy (non-hydrogen) atoms. The van der Waals surface area contributed by atoms with Crippen LogP contribution in [-0.2, 0) is 10.0 Å². The molecular formula is C20H21N5O3S2. The first kappa shape index (κ1) is 20.5. The van der Waals surface area contributed by atoms with Gasteiger partial charge in [0.05, 0.1) is 0 Å². The zero-order chi connectivity index (χ0) is 21.0. The molecule has 0 unspecified atom stereocenters. The van der Waals surface area contributed by atoms with Gasteiger partial charge < -0.3 is 10.2 Å². The molecule has 1 amide bonds. The van der Waals surface area contributed by atoms with Crippen LogP contribution in [0.5, 0.6) is 0 Å². The van der Waals surface area contributed by atoms with Gasteiger partial charge in [0.1, 0.15) is 4.21 Å². The molecule has 1 aliphatic rings. The Balaban J connectivity index is 1.36. The molecule has 1 aromatic carbocycles. The van der Waals surface area contributed by atoms with Crippen LogP contribution in [0.3, 0.4) is 0 Å². The minimum absolute atomic E-state index is 0.0767. The Morgan fingerprint density at radius 3 is 2.53 bits per heavy atom. The number of aromatic nitrogens is 2. The number of hydrogen-bond donors (Lipinski definition) is 2. The van der Waals surface area contributed by atoms with Gasteiger partial charge in [-0.05, 0) is 48.6 Å². The fraction of sp³-hybridized carbons (Fsp3) is 0.250. The van der Waals surface area contributed by atoms with Crippen LogP contribution >= 0.6 is 11.3 Å². The molecule has 1 saturated heterocycles. The summed E-state index contributed by atoms with van der Waals surface area (Å²) < 4.78 is 27.8. The number of benzene rings is 1. The monoisotopic (exact) mass is 443 g/mol. The van der Waals surface area contributed by atoms with Crippen LogP contribution in [0.2, 0.25) is 0 Å². The summed E-state index contributed by atoms with van der Waals surface area (Å²) in [5.74, 6) is 0.383. The molecule has 0 radical (unpaired) electrons. The predicted octanol–water partition coefficient (Wildman–Crippen LogP) is 2.86. The van der Waals surface area contributed by atoms with Gasteiger partial charge in [-0.1, -0.05) is 12.1 Å². The maximum absolute atomic E-state index is 12.9. The predicted molar refractivity (Wildman–Crippen MR) is 115 cm³/mol. The third-order valence-electron chi connectivity index (χ3n) is 4.80. The summed E-state index contributed by atoms with van der Waals surface area (Å²) in [5.41, 5.74) is 1.29. The van der Waals surface area contributed by atoms with E-state index in [4.69, 9.17) is 0 Å². The van der Waals surface area contributed by atoms with Crippen molar-refractivity contribution >= 4 is 38.9 Å². The van der Waals surface area contributed by atoms with E-state index >= 15 is 0 Å². The van der Waals surface area contributed by atoms with Crippen molar-refractivity contribution in [2.45, 2.75) is 23.1 Å². The first-order valence-corrected chi connectivity index (χ1v) is 11.9. The van der Waals surface area contributed by atoms with Crippen LogP contribution in [0.4, 0.5) is 11.6 Å². The normalized spacial score (nSPS) is 15.1. The number of carbonyl (C=O) groups is 1. The molecule has 1 fully saturated rings. The SMILES string of the molecule is O=C(c1cccc(Nc2ncccn2)c1)N1CCC(NS(=O)(=O)c2cccs2)CC1. The van der Waals surface area contributed by atoms with Crippen molar-refractivity contribution in [2.24, 2.45) is 0 Å². The number of anilines is 2. The van der Waals surface area contributed by atoms with Gasteiger partial charge in [-0.3, -0.25) is 4.79 Å². The van der Waals surface area contributed by atoms with Gasteiger partial charge >= 0.3 is 0 Å². The molecule has 0 aliphatic carbocycles. The number of amides is 1. The number of nitrogens with one attached hydrogen (secondary N) is 2. The third-order valence-corrected chi connectivity index (χ3v) is 7.71. The Labute approximate surface area is 179 Å². The lowest BCUT2D eigenvalue weighted by molar-refractivity contribution is 0.0711. The van der Waals surface area contributed by atoms with E-state index in [9.17, 15) is 13.2 Å². The van der Waals surface area contributed by atoms with E-state index in [2.05, 4.69) is 20.0 Å². The molecule has 10 heteroatoms. The maximum Gasteiger partial charge on any atom is 0.253 e. The molecule has 0 atom stereocenters. The quantitative estimate of drug-likeness (QED) is 0.607. The number of rotatable bonds is 6. The summed E-state index contributed by atoms with van der Waals surface area (Å²) in [6.45, 7) is 0.992. The molecule has 3 heterocycles. The Bertz CT molecular complexity index is 1100. The Morgan fingerprint density at radius 2 is 1.83 bits per heavy atom. The first-order chi connectivity index (χ1) is 14.5. The second kappa shape index (κ2) is 8.90. The number of sulfonamides is 1. The van der Waals surface area contributed by atoms with Gasteiger partial charge in [-0.25, -0.2) is 23.1 Å². The molecule has 0 bridgehead atoms. The molecule has 2 aromatic heterocycles. The summed E-state index contributed by atoms with van der Waals surface area (Å²) in [6.07, 6.45) is 4.43. The number of nitrogens with zero attached hydrogens (tertiary/aromatic N) is 3. The summed E-state index contributed by atoms with van der Waals surface area (Å²) in [5, 5.41) is 4.82. The minimum Gasteiger partial charge on any atom is -0.339 e. The molecule has 2 N–H and O–H groups in total. The van der Waals surface area contributed by atoms with Gasteiger partial charge in [0.2, 0.25) is 16.0 Å². The number of carbonyl (C=O) groups excluding carboxylic acids is 1. The van der Waals surface area contributed by atoms with Crippen molar-refractivity contribution in [1.82, 2.24) is 19.6 Å². The van der Waals surface area contributed by atoms with E-state index in [0.717, 1.165) is 5.69 Å². The lowest BCUT2D eigenvalue weighted by atomic mass is 10.0. The fourth-order valence-corrected chi connectivity index (χ4v) is 5.61. The van der Waals surface area contributed by atoms with E-state index in [1.54, 1.807) is 59.1 Å². The second-order valence-electron chi connectivity index (χ2n) is 6.90. The van der Waals surface area contributed by atoms with Crippen LogP contribution in [0, 0.1) is 0 Å². The molecule has 3 aromatic rings. The highest BCUT2D eigenvalue weighted by Gasteiger charge is 2.27. The smallest absolute Gasteiger partial charge is 0.253 e. The summed E-state index contributed by atoms with van der Waals surface area (Å²) in [6, 6.07) is 12.0. The van der Waals surface area contributed by atoms with Gasteiger partial charge in [-0.2, -0.15) is 0 Å². The van der Waals surface area contributed by atoms with Crippen LogP contribution < -0.4 is 10.0 Å². The van der Waals surface area contributed by atoms with E-state index in [-0.39, 0.29) is 11.9 Å². The van der Waals surface area contributed by atoms with E-state index in [1.165, 1.54) is 11.3 Å².